The average Bonchev–Trinajstić information content (AvgIpc) is 3.45. The standard InChI is InChI=1S/C28H29N3O3/c1-3-20-8-4-6-10-25(20)31-19-21(18-27(31)32)28-29-24-9-5-7-11-26(24)30(28)16-17-34-23-14-12-22(33-2)13-15-23/h4-15,21H,3,16-19H2,1-2H3/t21-/m0/s1. The summed E-state index contributed by atoms with van der Waals surface area (Å²) >= 11 is 0. The van der Waals surface area contributed by atoms with E-state index in [1.54, 1.807) is 7.11 Å². The summed E-state index contributed by atoms with van der Waals surface area (Å²) in [5.74, 6) is 2.73. The lowest BCUT2D eigenvalue weighted by atomic mass is 10.1. The lowest BCUT2D eigenvalue weighted by Crippen LogP contribution is -2.25. The van der Waals surface area contributed by atoms with Crippen molar-refractivity contribution in [3.05, 3.63) is 84.2 Å². The third-order valence-corrected chi connectivity index (χ3v) is 6.48. The van der Waals surface area contributed by atoms with Gasteiger partial charge in [-0.3, -0.25) is 4.79 Å². The Kier molecular flexibility index (Phi) is 6.21. The molecule has 0 unspecified atom stereocenters. The van der Waals surface area contributed by atoms with Crippen LogP contribution in [0.15, 0.2) is 72.8 Å². The van der Waals surface area contributed by atoms with E-state index in [0.717, 1.165) is 40.5 Å². The van der Waals surface area contributed by atoms with Gasteiger partial charge in [0.15, 0.2) is 0 Å². The van der Waals surface area contributed by atoms with Crippen LogP contribution in [0.2, 0.25) is 0 Å². The molecule has 1 aliphatic rings. The van der Waals surface area contributed by atoms with Gasteiger partial charge >= 0.3 is 0 Å². The molecule has 4 aromatic rings. The minimum Gasteiger partial charge on any atom is -0.497 e. The third kappa shape index (κ3) is 4.23. The second-order valence-corrected chi connectivity index (χ2v) is 8.52. The summed E-state index contributed by atoms with van der Waals surface area (Å²) in [6.45, 7) is 3.92. The average molecular weight is 456 g/mol. The lowest BCUT2D eigenvalue weighted by molar-refractivity contribution is -0.117. The minimum absolute atomic E-state index is 0.0331. The van der Waals surface area contributed by atoms with Crippen molar-refractivity contribution in [3.8, 4) is 11.5 Å². The van der Waals surface area contributed by atoms with Crippen LogP contribution in [-0.2, 0) is 17.8 Å². The Hall–Kier alpha value is -3.80. The molecule has 34 heavy (non-hydrogen) atoms. The number of nitrogens with zero attached hydrogens (tertiary/aromatic N) is 3. The smallest absolute Gasteiger partial charge is 0.227 e. The van der Waals surface area contributed by atoms with E-state index in [0.29, 0.717) is 26.1 Å². The molecule has 1 saturated heterocycles. The first-order valence-corrected chi connectivity index (χ1v) is 11.8. The number of methoxy groups -OCH3 is 1. The first kappa shape index (κ1) is 22.0. The molecule has 2 heterocycles. The Labute approximate surface area is 199 Å². The molecule has 0 radical (unpaired) electrons. The summed E-state index contributed by atoms with van der Waals surface area (Å²) in [7, 11) is 1.65. The molecule has 1 atom stereocenters. The number of fused-ring (bicyclic) bond motifs is 1. The molecule has 3 aromatic carbocycles. The number of imidazole rings is 1. The van der Waals surface area contributed by atoms with E-state index in [4.69, 9.17) is 14.5 Å². The van der Waals surface area contributed by atoms with E-state index in [1.807, 2.05) is 65.6 Å². The molecular weight excluding hydrogens is 426 g/mol. The van der Waals surface area contributed by atoms with Gasteiger partial charge in [-0.1, -0.05) is 37.3 Å². The highest BCUT2D eigenvalue weighted by Crippen LogP contribution is 2.34. The van der Waals surface area contributed by atoms with Gasteiger partial charge in [0.05, 0.1) is 24.7 Å². The van der Waals surface area contributed by atoms with E-state index in [2.05, 4.69) is 23.6 Å². The molecule has 0 spiro atoms. The Bertz CT molecular complexity index is 1300. The second-order valence-electron chi connectivity index (χ2n) is 8.52. The maximum Gasteiger partial charge on any atom is 0.227 e. The molecule has 1 aliphatic heterocycles. The van der Waals surface area contributed by atoms with Crippen LogP contribution in [0.3, 0.4) is 0 Å². The van der Waals surface area contributed by atoms with Crippen molar-refractivity contribution in [1.29, 1.82) is 0 Å². The zero-order valence-electron chi connectivity index (χ0n) is 19.6. The van der Waals surface area contributed by atoms with Crippen LogP contribution in [0.1, 0.15) is 30.7 Å². The SMILES string of the molecule is CCc1ccccc1N1C[C@@H](c2nc3ccccc3n2CCOc2ccc(OC)cc2)CC1=O. The molecule has 5 rings (SSSR count). The summed E-state index contributed by atoms with van der Waals surface area (Å²) < 4.78 is 13.4. The summed E-state index contributed by atoms with van der Waals surface area (Å²) in [6.07, 6.45) is 1.35. The summed E-state index contributed by atoms with van der Waals surface area (Å²) in [6, 6.07) is 23.9. The Morgan fingerprint density at radius 3 is 2.50 bits per heavy atom. The van der Waals surface area contributed by atoms with Crippen LogP contribution in [0.4, 0.5) is 5.69 Å². The fourth-order valence-corrected chi connectivity index (χ4v) is 4.75. The van der Waals surface area contributed by atoms with Crippen LogP contribution in [0, 0.1) is 0 Å². The van der Waals surface area contributed by atoms with Gasteiger partial charge < -0.3 is 18.9 Å². The quantitative estimate of drug-likeness (QED) is 0.366. The van der Waals surface area contributed by atoms with Gasteiger partial charge in [0.25, 0.3) is 0 Å². The molecule has 0 bridgehead atoms. The van der Waals surface area contributed by atoms with Gasteiger partial charge in [-0.15, -0.1) is 0 Å². The summed E-state index contributed by atoms with van der Waals surface area (Å²) in [5.41, 5.74) is 4.22. The van der Waals surface area contributed by atoms with E-state index < -0.39 is 0 Å². The Morgan fingerprint density at radius 2 is 1.71 bits per heavy atom. The number of hydrogen-bond acceptors (Lipinski definition) is 4. The maximum absolute atomic E-state index is 13.1. The highest BCUT2D eigenvalue weighted by Gasteiger charge is 2.35. The van der Waals surface area contributed by atoms with E-state index in [9.17, 15) is 4.79 Å². The number of aryl methyl sites for hydroxylation is 1. The summed E-state index contributed by atoms with van der Waals surface area (Å²) in [5, 5.41) is 0. The molecule has 1 aromatic heterocycles. The Morgan fingerprint density at radius 1 is 0.971 bits per heavy atom. The number of ether oxygens (including phenoxy) is 2. The fourth-order valence-electron chi connectivity index (χ4n) is 4.75. The van der Waals surface area contributed by atoms with Gasteiger partial charge in [0.2, 0.25) is 5.91 Å². The van der Waals surface area contributed by atoms with E-state index in [-0.39, 0.29) is 11.8 Å². The lowest BCUT2D eigenvalue weighted by Gasteiger charge is -2.20. The van der Waals surface area contributed by atoms with Crippen LogP contribution < -0.4 is 14.4 Å². The largest absolute Gasteiger partial charge is 0.497 e. The topological polar surface area (TPSA) is 56.6 Å². The van der Waals surface area contributed by atoms with Crippen molar-refractivity contribution in [2.45, 2.75) is 32.2 Å². The first-order chi connectivity index (χ1) is 16.7. The number of para-hydroxylation sites is 3. The molecule has 6 nitrogen and oxygen atoms in total. The van der Waals surface area contributed by atoms with Crippen molar-refractivity contribution in [2.75, 3.05) is 25.2 Å². The molecule has 0 aliphatic carbocycles. The second kappa shape index (κ2) is 9.59. The number of carbonyl (C=O) groups excluding carboxylic acids is 1. The highest BCUT2D eigenvalue weighted by atomic mass is 16.5. The normalized spacial score (nSPS) is 15.8. The van der Waals surface area contributed by atoms with Crippen molar-refractivity contribution in [2.24, 2.45) is 0 Å². The van der Waals surface area contributed by atoms with Gasteiger partial charge in [0.1, 0.15) is 23.9 Å². The van der Waals surface area contributed by atoms with Crippen LogP contribution >= 0.6 is 0 Å². The number of benzene rings is 3. The fraction of sp³-hybridized carbons (Fsp3) is 0.286. The van der Waals surface area contributed by atoms with E-state index >= 15 is 0 Å². The zero-order chi connectivity index (χ0) is 23.5. The van der Waals surface area contributed by atoms with Crippen molar-refractivity contribution >= 4 is 22.6 Å². The van der Waals surface area contributed by atoms with Crippen LogP contribution in [0.5, 0.6) is 11.5 Å². The molecule has 0 saturated carbocycles. The van der Waals surface area contributed by atoms with Crippen LogP contribution in [-0.4, -0.2) is 35.7 Å². The zero-order valence-corrected chi connectivity index (χ0v) is 19.6. The molecule has 1 amide bonds. The molecule has 1 fully saturated rings. The molecule has 0 N–H and O–H groups in total. The number of aromatic nitrogens is 2. The molecule has 174 valence electrons. The monoisotopic (exact) mass is 455 g/mol. The van der Waals surface area contributed by atoms with Crippen molar-refractivity contribution < 1.29 is 14.3 Å². The number of amides is 1. The predicted molar refractivity (Wildman–Crippen MR) is 134 cm³/mol. The number of carbonyl (C=O) groups is 1. The van der Waals surface area contributed by atoms with Gasteiger partial charge in [-0.25, -0.2) is 4.98 Å². The molecular formula is C28H29N3O3. The summed E-state index contributed by atoms with van der Waals surface area (Å²) in [4.78, 5) is 20.0. The number of anilines is 1. The minimum atomic E-state index is 0.0331. The van der Waals surface area contributed by atoms with Crippen molar-refractivity contribution in [3.63, 3.8) is 0 Å². The van der Waals surface area contributed by atoms with Crippen LogP contribution in [0.25, 0.3) is 11.0 Å². The van der Waals surface area contributed by atoms with Crippen molar-refractivity contribution in [1.82, 2.24) is 9.55 Å². The highest BCUT2D eigenvalue weighted by molar-refractivity contribution is 5.97. The number of rotatable bonds is 8. The number of hydrogen-bond donors (Lipinski definition) is 0. The first-order valence-electron chi connectivity index (χ1n) is 11.8. The van der Waals surface area contributed by atoms with E-state index in [1.165, 1.54) is 5.56 Å². The van der Waals surface area contributed by atoms with Gasteiger partial charge in [0, 0.05) is 24.6 Å². The predicted octanol–water partition coefficient (Wildman–Crippen LogP) is 5.21. The maximum atomic E-state index is 13.1. The Balaban J connectivity index is 1.39. The molecule has 6 heteroatoms. The third-order valence-electron chi connectivity index (χ3n) is 6.48. The van der Waals surface area contributed by atoms with Gasteiger partial charge in [-0.2, -0.15) is 0 Å². The van der Waals surface area contributed by atoms with Gasteiger partial charge in [-0.05, 0) is 54.4 Å².